The smallest absolute Gasteiger partial charge is 0.266 e. The lowest BCUT2D eigenvalue weighted by Gasteiger charge is -2.35. The van der Waals surface area contributed by atoms with Crippen LogP contribution >= 0.6 is 22.7 Å². The zero-order valence-corrected chi connectivity index (χ0v) is 32.8. The van der Waals surface area contributed by atoms with E-state index in [-0.39, 0.29) is 34.1 Å². The van der Waals surface area contributed by atoms with Crippen molar-refractivity contribution in [3.63, 3.8) is 0 Å². The Bertz CT molecular complexity index is 3010. The molecule has 4 aliphatic rings. The summed E-state index contributed by atoms with van der Waals surface area (Å²) in [5.74, 6) is -0.767. The van der Waals surface area contributed by atoms with E-state index in [1.807, 2.05) is 158 Å². The topological polar surface area (TPSA) is 136 Å². The SMILES string of the molecule is N#CC(C#N)=Cc1cc2c(s1)C1=C3C(=O)N4C(c5ccccc5)=C(c5ccccc5)c5cc(C=C(C#N)C#N)sc5C4=C3C(=O)N1C(c1ccccc1)=C2c1ccccc1. The van der Waals surface area contributed by atoms with Gasteiger partial charge in [-0.1, -0.05) is 121 Å². The van der Waals surface area contributed by atoms with Crippen molar-refractivity contribution in [3.05, 3.63) is 209 Å². The molecule has 0 atom stereocenters. The van der Waals surface area contributed by atoms with Gasteiger partial charge in [0.25, 0.3) is 11.8 Å². The fourth-order valence-corrected chi connectivity index (χ4v) is 10.6. The van der Waals surface area contributed by atoms with E-state index in [4.69, 9.17) is 0 Å². The maximum Gasteiger partial charge on any atom is 0.266 e. The van der Waals surface area contributed by atoms with Crippen LogP contribution in [0.4, 0.5) is 0 Å². The number of carbonyl (C=O) groups excluding carboxylic acids is 2. The van der Waals surface area contributed by atoms with Crippen LogP contribution in [0.5, 0.6) is 0 Å². The summed E-state index contributed by atoms with van der Waals surface area (Å²) >= 11 is 2.63. The molecule has 4 aromatic carbocycles. The zero-order valence-electron chi connectivity index (χ0n) is 31.2. The Morgan fingerprint density at radius 1 is 0.433 bits per heavy atom. The third kappa shape index (κ3) is 5.38. The van der Waals surface area contributed by atoms with Crippen LogP contribution in [-0.2, 0) is 9.59 Å². The standard InChI is InChI=1S/C50H24N6O2S2/c51-25-29(26-52)21-35-23-37-39(31-13-5-1-6-14-31)43(33-17-9-3-10-18-33)55-45(47(37)59-35)41-42(49(55)57)46-48-38(24-36(60-48)22-30(27-53)28-54)40(32-15-7-2-8-16-32)44(56(46)50(41)58)34-19-11-4-12-20-34/h1-24H. The lowest BCUT2D eigenvalue weighted by Crippen LogP contribution is -2.32. The highest BCUT2D eigenvalue weighted by Gasteiger charge is 2.55. The molecule has 0 aliphatic carbocycles. The average Bonchev–Trinajstić information content (AvgIpc) is 4.06. The average molecular weight is 805 g/mol. The summed E-state index contributed by atoms with van der Waals surface area (Å²) in [5.41, 5.74) is 8.62. The molecule has 0 saturated heterocycles. The Labute approximate surface area is 352 Å². The second kappa shape index (κ2) is 14.2. The Balaban J connectivity index is 1.34. The fraction of sp³-hybridized carbons (Fsp3) is 0. The Kier molecular flexibility index (Phi) is 8.53. The minimum absolute atomic E-state index is 0.0758. The van der Waals surface area contributed by atoms with Crippen LogP contribution in [0.1, 0.15) is 52.9 Å². The van der Waals surface area contributed by atoms with Crippen LogP contribution in [0, 0.1) is 45.3 Å². The van der Waals surface area contributed by atoms with Gasteiger partial charge in [0.2, 0.25) is 0 Å². The molecule has 6 heterocycles. The van der Waals surface area contributed by atoms with Crippen LogP contribution in [0.15, 0.2) is 156 Å². The highest BCUT2D eigenvalue weighted by Crippen LogP contribution is 2.60. The van der Waals surface area contributed by atoms with Gasteiger partial charge in [0.1, 0.15) is 35.4 Å². The highest BCUT2D eigenvalue weighted by atomic mass is 32.1. The second-order valence-electron chi connectivity index (χ2n) is 14.0. The number of rotatable bonds is 6. The summed E-state index contributed by atoms with van der Waals surface area (Å²) in [7, 11) is 0. The van der Waals surface area contributed by atoms with E-state index >= 15 is 9.59 Å². The van der Waals surface area contributed by atoms with Crippen molar-refractivity contribution < 1.29 is 9.59 Å². The first-order valence-electron chi connectivity index (χ1n) is 18.7. The molecule has 0 N–H and O–H groups in total. The van der Waals surface area contributed by atoms with Crippen molar-refractivity contribution in [3.8, 4) is 24.3 Å². The summed E-state index contributed by atoms with van der Waals surface area (Å²) < 4.78 is 0. The molecule has 0 radical (unpaired) electrons. The number of allylic oxidation sites excluding steroid dienone is 2. The van der Waals surface area contributed by atoms with Crippen molar-refractivity contribution in [1.29, 1.82) is 21.0 Å². The number of thiophene rings is 2. The van der Waals surface area contributed by atoms with Gasteiger partial charge < -0.3 is 0 Å². The number of fused-ring (bicyclic) bond motifs is 7. The third-order valence-corrected chi connectivity index (χ3v) is 12.8. The predicted octanol–water partition coefficient (Wildman–Crippen LogP) is 10.3. The summed E-state index contributed by atoms with van der Waals surface area (Å²) in [5, 5.41) is 39.0. The van der Waals surface area contributed by atoms with Crippen molar-refractivity contribution in [2.24, 2.45) is 0 Å². The van der Waals surface area contributed by atoms with Crippen LogP contribution in [0.3, 0.4) is 0 Å². The monoisotopic (exact) mass is 804 g/mol. The van der Waals surface area contributed by atoms with Gasteiger partial charge in [0, 0.05) is 32.0 Å². The molecule has 0 saturated carbocycles. The first-order valence-corrected chi connectivity index (χ1v) is 20.3. The molecule has 0 bridgehead atoms. The van der Waals surface area contributed by atoms with Crippen LogP contribution in [-0.4, -0.2) is 21.6 Å². The first kappa shape index (κ1) is 36.0. The van der Waals surface area contributed by atoms with E-state index in [2.05, 4.69) is 0 Å². The van der Waals surface area contributed by atoms with Crippen molar-refractivity contribution in [2.45, 2.75) is 0 Å². The molecule has 4 aliphatic heterocycles. The van der Waals surface area contributed by atoms with Crippen LogP contribution in [0.25, 0.3) is 46.1 Å². The van der Waals surface area contributed by atoms with Gasteiger partial charge >= 0.3 is 0 Å². The molecule has 6 aromatic rings. The maximum absolute atomic E-state index is 15.8. The van der Waals surface area contributed by atoms with Gasteiger partial charge in [0.05, 0.1) is 43.7 Å². The molecular weight excluding hydrogens is 781 g/mol. The van der Waals surface area contributed by atoms with Crippen molar-refractivity contribution in [1.82, 2.24) is 9.80 Å². The molecule has 60 heavy (non-hydrogen) atoms. The molecule has 0 unspecified atom stereocenters. The normalized spacial score (nSPS) is 14.7. The van der Waals surface area contributed by atoms with Crippen molar-refractivity contribution >= 4 is 80.6 Å². The van der Waals surface area contributed by atoms with Crippen molar-refractivity contribution in [2.75, 3.05) is 0 Å². The number of amides is 2. The first-order chi connectivity index (χ1) is 29.4. The molecule has 2 amide bonds. The van der Waals surface area contributed by atoms with Gasteiger partial charge in [-0.15, -0.1) is 22.7 Å². The van der Waals surface area contributed by atoms with Crippen LogP contribution in [0.2, 0.25) is 0 Å². The minimum Gasteiger partial charge on any atom is -0.273 e. The van der Waals surface area contributed by atoms with Gasteiger partial charge in [-0.25, -0.2) is 0 Å². The van der Waals surface area contributed by atoms with E-state index in [0.717, 1.165) is 44.5 Å². The Morgan fingerprint density at radius 3 is 1.07 bits per heavy atom. The number of carbonyl (C=O) groups is 2. The number of benzene rings is 4. The maximum atomic E-state index is 15.8. The lowest BCUT2D eigenvalue weighted by molar-refractivity contribution is -0.122. The van der Waals surface area contributed by atoms with E-state index in [1.54, 1.807) is 9.80 Å². The summed E-state index contributed by atoms with van der Waals surface area (Å²) in [6.45, 7) is 0. The molecular formula is C50H24N6O2S2. The lowest BCUT2D eigenvalue weighted by atomic mass is 9.88. The molecule has 0 fully saturated rings. The summed E-state index contributed by atoms with van der Waals surface area (Å²) in [4.78, 5) is 37.4. The number of hydrogen-bond acceptors (Lipinski definition) is 8. The van der Waals surface area contributed by atoms with E-state index in [1.165, 1.54) is 34.8 Å². The fourth-order valence-electron chi connectivity index (χ4n) is 8.32. The Morgan fingerprint density at radius 2 is 0.750 bits per heavy atom. The van der Waals surface area contributed by atoms with E-state index in [0.29, 0.717) is 42.3 Å². The largest absolute Gasteiger partial charge is 0.273 e. The zero-order chi connectivity index (χ0) is 41.1. The van der Waals surface area contributed by atoms with Gasteiger partial charge in [-0.05, 0) is 46.5 Å². The number of nitriles is 4. The van der Waals surface area contributed by atoms with Gasteiger partial charge in [-0.2, -0.15) is 21.0 Å². The summed E-state index contributed by atoms with van der Waals surface area (Å²) in [6.07, 6.45) is 3.07. The molecule has 2 aromatic heterocycles. The molecule has 278 valence electrons. The Hall–Kier alpha value is -8.38. The minimum atomic E-state index is -0.384. The number of nitrogens with zero attached hydrogens (tertiary/aromatic N) is 6. The van der Waals surface area contributed by atoms with E-state index < -0.39 is 0 Å². The quantitative estimate of drug-likeness (QED) is 0.154. The van der Waals surface area contributed by atoms with Crippen LogP contribution < -0.4 is 0 Å². The molecule has 8 nitrogen and oxygen atoms in total. The van der Waals surface area contributed by atoms with Gasteiger partial charge in [0.15, 0.2) is 0 Å². The molecule has 0 spiro atoms. The predicted molar refractivity (Wildman–Crippen MR) is 232 cm³/mol. The second-order valence-corrected chi connectivity index (χ2v) is 16.2. The third-order valence-electron chi connectivity index (χ3n) is 10.7. The number of hydrogen-bond donors (Lipinski definition) is 0. The van der Waals surface area contributed by atoms with E-state index in [9.17, 15) is 21.0 Å². The summed E-state index contributed by atoms with van der Waals surface area (Å²) in [6, 6.07) is 50.4. The molecule has 10 heteroatoms. The molecule has 10 rings (SSSR count). The van der Waals surface area contributed by atoms with Gasteiger partial charge in [-0.3, -0.25) is 19.4 Å². The highest BCUT2D eigenvalue weighted by molar-refractivity contribution is 7.15.